The van der Waals surface area contributed by atoms with E-state index in [1.54, 1.807) is 6.92 Å². The first-order valence-corrected chi connectivity index (χ1v) is 5.31. The molecule has 7 heteroatoms. The van der Waals surface area contributed by atoms with Gasteiger partial charge in [-0.2, -0.15) is 0 Å². The van der Waals surface area contributed by atoms with E-state index in [9.17, 15) is 19.8 Å². The third-order valence-electron chi connectivity index (χ3n) is 3.62. The number of rotatable bonds is 2. The zero-order chi connectivity index (χ0) is 12.2. The molecule has 0 aromatic carbocycles. The van der Waals surface area contributed by atoms with Crippen molar-refractivity contribution in [3.63, 3.8) is 0 Å². The van der Waals surface area contributed by atoms with Crippen molar-refractivity contribution in [3.8, 4) is 0 Å². The van der Waals surface area contributed by atoms with Crippen LogP contribution in [0.2, 0.25) is 0 Å². The van der Waals surface area contributed by atoms with Gasteiger partial charge in [-0.3, -0.25) is 4.79 Å². The van der Waals surface area contributed by atoms with Gasteiger partial charge in [0.1, 0.15) is 0 Å². The Hall–Kier alpha value is -0.0700. The van der Waals surface area contributed by atoms with Gasteiger partial charge in [-0.15, -0.1) is 0 Å². The third-order valence-corrected chi connectivity index (χ3v) is 3.95. The average molecular weight is 268 g/mol. The van der Waals surface area contributed by atoms with Crippen LogP contribution in [0.1, 0.15) is 20.3 Å². The van der Waals surface area contributed by atoms with Gasteiger partial charge in [0.15, 0.2) is 0 Å². The van der Waals surface area contributed by atoms with Crippen molar-refractivity contribution in [3.05, 3.63) is 10.7 Å². The smallest absolute Gasteiger partial charge is 0.543 e. The molecule has 0 saturated carbocycles. The number of hydrogen-bond donors (Lipinski definition) is 1. The minimum Gasteiger partial charge on any atom is -0.543 e. The van der Waals surface area contributed by atoms with Gasteiger partial charge in [0.25, 0.3) is 0 Å². The quantitative estimate of drug-likeness (QED) is 0.411. The van der Waals surface area contributed by atoms with Crippen LogP contribution < -0.4 is 34.7 Å². The van der Waals surface area contributed by atoms with Gasteiger partial charge in [0.2, 0.25) is 5.91 Å². The number of carbonyl (C=O) groups excluding carboxylic acids is 2. The molecule has 0 aromatic rings. The Balaban J connectivity index is 0.00000144. The normalized spacial score (nSPS) is 32.8. The van der Waals surface area contributed by atoms with E-state index in [2.05, 4.69) is 0 Å². The fourth-order valence-electron chi connectivity index (χ4n) is 2.37. The van der Waals surface area contributed by atoms with E-state index in [0.29, 0.717) is 0 Å². The van der Waals surface area contributed by atoms with Crippen molar-refractivity contribution in [2.45, 2.75) is 32.4 Å². The maximum absolute atomic E-state index is 11.8. The molecule has 1 N–H and O–H groups in total. The Morgan fingerprint density at radius 1 is 1.71 bits per heavy atom. The Labute approximate surface area is 126 Å². The van der Waals surface area contributed by atoms with Gasteiger partial charge in [-0.05, 0) is 13.8 Å². The van der Waals surface area contributed by atoms with Gasteiger partial charge in [-0.25, -0.2) is 0 Å². The minimum atomic E-state index is -1.45. The summed E-state index contributed by atoms with van der Waals surface area (Å²) in [5, 5.41) is 20.5. The summed E-state index contributed by atoms with van der Waals surface area (Å²) in [4.78, 5) is 23.8. The van der Waals surface area contributed by atoms with Crippen LogP contribution in [-0.4, -0.2) is 34.0 Å². The summed E-state index contributed by atoms with van der Waals surface area (Å²) in [6, 6.07) is -0.375. The number of halogens is 1. The number of aliphatic hydroxyl groups excluding tert-OH is 1. The van der Waals surface area contributed by atoms with Crippen LogP contribution in [0.3, 0.4) is 0 Å². The van der Waals surface area contributed by atoms with Crippen LogP contribution in [0.4, 0.5) is 0 Å². The van der Waals surface area contributed by atoms with E-state index in [-0.39, 0.29) is 52.7 Å². The van der Waals surface area contributed by atoms with Crippen LogP contribution in [0.5, 0.6) is 0 Å². The van der Waals surface area contributed by atoms with E-state index in [1.165, 1.54) is 6.92 Å². The molecular weight excluding hydrogens is 257 g/mol. The first-order chi connectivity index (χ1) is 7.31. The van der Waals surface area contributed by atoms with E-state index >= 15 is 0 Å². The predicted molar refractivity (Wildman–Crippen MR) is 52.9 cm³/mol. The standard InChI is InChI=1S/C10H12ClNO4.Na/c1-4(13)10(2)6-3-5(11)7(8(14)15)12(6)9(10)16;/h4,6,13H,3H2,1-2H3,(H,14,15);/q;+1/p-1. The van der Waals surface area contributed by atoms with Crippen LogP contribution in [0, 0.1) is 5.41 Å². The predicted octanol–water partition coefficient (Wildman–Crippen LogP) is -3.81. The monoisotopic (exact) mass is 267 g/mol. The second-order valence-corrected chi connectivity index (χ2v) is 4.85. The molecular formula is C10H11ClNNaO4. The van der Waals surface area contributed by atoms with Crippen molar-refractivity contribution >= 4 is 23.5 Å². The van der Waals surface area contributed by atoms with Gasteiger partial charge in [-0.1, -0.05) is 11.6 Å². The van der Waals surface area contributed by atoms with Gasteiger partial charge < -0.3 is 19.9 Å². The number of aliphatic hydroxyl groups is 1. The molecule has 0 spiro atoms. The maximum atomic E-state index is 11.8. The third kappa shape index (κ3) is 1.76. The summed E-state index contributed by atoms with van der Waals surface area (Å²) in [7, 11) is 0. The number of β-lactam (4-membered cyclic amide) rings is 1. The largest absolute Gasteiger partial charge is 1.00 e. The molecule has 1 fully saturated rings. The second-order valence-electron chi connectivity index (χ2n) is 4.39. The molecule has 17 heavy (non-hydrogen) atoms. The van der Waals surface area contributed by atoms with Gasteiger partial charge in [0.05, 0.1) is 29.2 Å². The molecule has 2 aliphatic rings. The van der Waals surface area contributed by atoms with E-state index in [4.69, 9.17) is 11.6 Å². The van der Waals surface area contributed by atoms with E-state index < -0.39 is 23.4 Å². The van der Waals surface area contributed by atoms with Gasteiger partial charge in [0, 0.05) is 11.5 Å². The van der Waals surface area contributed by atoms with E-state index in [1.807, 2.05) is 0 Å². The minimum absolute atomic E-state index is 0. The molecule has 0 aromatic heterocycles. The molecule has 1 amide bonds. The molecule has 2 rings (SSSR count). The Bertz CT molecular complexity index is 423. The number of hydrogen-bond acceptors (Lipinski definition) is 4. The molecule has 0 bridgehead atoms. The molecule has 3 atom stereocenters. The number of carboxylic acids is 1. The molecule has 1 saturated heterocycles. The van der Waals surface area contributed by atoms with Crippen molar-refractivity contribution in [1.82, 2.24) is 4.90 Å². The summed E-state index contributed by atoms with van der Waals surface area (Å²) in [6.07, 6.45) is -0.579. The SMILES string of the molecule is CC(O)C1(C)C(=O)N2C(C(=O)[O-])=C(Cl)CC21.[Na+]. The molecule has 2 heterocycles. The zero-order valence-electron chi connectivity index (χ0n) is 9.86. The summed E-state index contributed by atoms with van der Waals surface area (Å²) < 4.78 is 0. The molecule has 3 unspecified atom stereocenters. The molecule has 0 radical (unpaired) electrons. The summed E-state index contributed by atoms with van der Waals surface area (Å²) >= 11 is 5.78. The molecule has 5 nitrogen and oxygen atoms in total. The zero-order valence-corrected chi connectivity index (χ0v) is 12.6. The number of fused-ring (bicyclic) bond motifs is 1. The van der Waals surface area contributed by atoms with E-state index in [0.717, 1.165) is 4.90 Å². The fraction of sp³-hybridized carbons (Fsp3) is 0.600. The number of carboxylic acid groups (broad SMARTS) is 1. The number of aliphatic carboxylic acids is 1. The maximum Gasteiger partial charge on any atom is 1.00 e. The first kappa shape index (κ1) is 15.0. The van der Waals surface area contributed by atoms with Crippen molar-refractivity contribution < 1.29 is 49.4 Å². The van der Waals surface area contributed by atoms with Crippen LogP contribution in [0.25, 0.3) is 0 Å². The van der Waals surface area contributed by atoms with Crippen molar-refractivity contribution in [2.75, 3.05) is 0 Å². The number of carbonyl (C=O) groups is 2. The van der Waals surface area contributed by atoms with Crippen molar-refractivity contribution in [2.24, 2.45) is 5.41 Å². The molecule has 2 aliphatic heterocycles. The van der Waals surface area contributed by atoms with Crippen molar-refractivity contribution in [1.29, 1.82) is 0 Å². The summed E-state index contributed by atoms with van der Waals surface area (Å²) in [5.41, 5.74) is -1.20. The second kappa shape index (κ2) is 4.55. The van der Waals surface area contributed by atoms with Crippen LogP contribution >= 0.6 is 11.6 Å². The number of amides is 1. The Morgan fingerprint density at radius 3 is 2.65 bits per heavy atom. The summed E-state index contributed by atoms with van der Waals surface area (Å²) in [5.74, 6) is -1.86. The topological polar surface area (TPSA) is 80.7 Å². The van der Waals surface area contributed by atoms with Crippen LogP contribution in [0.15, 0.2) is 10.7 Å². The molecule has 0 aliphatic carbocycles. The van der Waals surface area contributed by atoms with Crippen LogP contribution in [-0.2, 0) is 9.59 Å². The number of nitrogens with zero attached hydrogens (tertiary/aromatic N) is 1. The first-order valence-electron chi connectivity index (χ1n) is 4.93. The average Bonchev–Trinajstić information content (AvgIpc) is 2.51. The summed E-state index contributed by atoms with van der Waals surface area (Å²) in [6.45, 7) is 3.13. The molecule has 88 valence electrons. The Morgan fingerprint density at radius 2 is 2.24 bits per heavy atom. The fourth-order valence-corrected chi connectivity index (χ4v) is 2.68. The Kier molecular flexibility index (Phi) is 4.01. The van der Waals surface area contributed by atoms with Gasteiger partial charge >= 0.3 is 29.6 Å².